The number of aryl methyl sites for hydroxylation is 1. The lowest BCUT2D eigenvalue weighted by atomic mass is 9.79. The van der Waals surface area contributed by atoms with E-state index in [1.165, 1.54) is 25.7 Å². The van der Waals surface area contributed by atoms with Gasteiger partial charge < -0.3 is 14.7 Å². The third kappa shape index (κ3) is 5.67. The van der Waals surface area contributed by atoms with Gasteiger partial charge in [-0.05, 0) is 50.9 Å². The highest BCUT2D eigenvalue weighted by atomic mass is 16.5. The van der Waals surface area contributed by atoms with Crippen LogP contribution in [0.2, 0.25) is 0 Å². The molecule has 2 heterocycles. The number of carbonyl (C=O) groups excluding carboxylic acids is 1. The molecule has 2 saturated carbocycles. The molecule has 1 N–H and O–H groups in total. The lowest BCUT2D eigenvalue weighted by molar-refractivity contribution is -0.121. The molecule has 7 heteroatoms. The number of aromatic nitrogens is 3. The van der Waals surface area contributed by atoms with Gasteiger partial charge in [-0.15, -0.1) is 0 Å². The Morgan fingerprint density at radius 3 is 2.53 bits per heavy atom. The molecule has 0 aromatic carbocycles. The largest absolute Gasteiger partial charge is 0.356 e. The maximum Gasteiger partial charge on any atom is 0.225 e. The molecule has 2 aliphatic carbocycles. The first-order chi connectivity index (χ1) is 15.5. The number of hydrogen-bond acceptors (Lipinski definition) is 6. The smallest absolute Gasteiger partial charge is 0.225 e. The fraction of sp³-hybridized carbons (Fsp3) is 0.680. The summed E-state index contributed by atoms with van der Waals surface area (Å²) in [5, 5.41) is 7.25. The molecule has 0 radical (unpaired) electrons. The van der Waals surface area contributed by atoms with E-state index in [9.17, 15) is 4.79 Å². The minimum absolute atomic E-state index is 0.230. The van der Waals surface area contributed by atoms with Gasteiger partial charge in [-0.25, -0.2) is 9.97 Å². The lowest BCUT2D eigenvalue weighted by Crippen LogP contribution is -2.31. The standard InChI is InChI=1S/C25H37N5O2/c1-17-14-22(32-29-17)21-16-27-25(30(2)3)28-24(21)20-11-8-19(9-12-20)15-26-23(31)13-10-18-6-4-5-7-18/h14,16,18-20H,4-13,15H2,1-3H3,(H,26,31). The maximum atomic E-state index is 12.3. The van der Waals surface area contributed by atoms with Crippen LogP contribution in [-0.2, 0) is 4.79 Å². The zero-order chi connectivity index (χ0) is 22.5. The molecule has 0 spiro atoms. The van der Waals surface area contributed by atoms with Gasteiger partial charge in [0.05, 0.1) is 17.0 Å². The van der Waals surface area contributed by atoms with E-state index >= 15 is 0 Å². The minimum Gasteiger partial charge on any atom is -0.356 e. The predicted octanol–water partition coefficient (Wildman–Crippen LogP) is 4.87. The number of amides is 1. The van der Waals surface area contributed by atoms with E-state index in [0.29, 0.717) is 18.3 Å². The molecule has 174 valence electrons. The van der Waals surface area contributed by atoms with Gasteiger partial charge in [-0.3, -0.25) is 4.79 Å². The van der Waals surface area contributed by atoms with Crippen molar-refractivity contribution in [3.63, 3.8) is 0 Å². The summed E-state index contributed by atoms with van der Waals surface area (Å²) in [7, 11) is 3.92. The Morgan fingerprint density at radius 1 is 1.12 bits per heavy atom. The van der Waals surface area contributed by atoms with Gasteiger partial charge >= 0.3 is 0 Å². The van der Waals surface area contributed by atoms with Crippen molar-refractivity contribution < 1.29 is 9.32 Å². The van der Waals surface area contributed by atoms with Crippen LogP contribution in [0.25, 0.3) is 11.3 Å². The fourth-order valence-corrected chi connectivity index (χ4v) is 5.21. The van der Waals surface area contributed by atoms with Crippen LogP contribution < -0.4 is 10.2 Å². The first-order valence-electron chi connectivity index (χ1n) is 12.2. The van der Waals surface area contributed by atoms with Crippen LogP contribution in [-0.4, -0.2) is 41.7 Å². The van der Waals surface area contributed by atoms with Crippen LogP contribution in [0.15, 0.2) is 16.8 Å². The van der Waals surface area contributed by atoms with E-state index in [1.54, 1.807) is 0 Å². The molecule has 0 bridgehead atoms. The van der Waals surface area contributed by atoms with E-state index in [2.05, 4.69) is 15.5 Å². The highest BCUT2D eigenvalue weighted by molar-refractivity contribution is 5.75. The van der Waals surface area contributed by atoms with Crippen LogP contribution in [0.5, 0.6) is 0 Å². The Kier molecular flexibility index (Phi) is 7.43. The van der Waals surface area contributed by atoms with Crippen LogP contribution in [0, 0.1) is 18.8 Å². The van der Waals surface area contributed by atoms with Crippen molar-refractivity contribution >= 4 is 11.9 Å². The molecular formula is C25H37N5O2. The van der Waals surface area contributed by atoms with E-state index in [1.807, 2.05) is 38.2 Å². The van der Waals surface area contributed by atoms with Crippen LogP contribution in [0.4, 0.5) is 5.95 Å². The summed E-state index contributed by atoms with van der Waals surface area (Å²) >= 11 is 0. The van der Waals surface area contributed by atoms with Crippen molar-refractivity contribution in [1.82, 2.24) is 20.4 Å². The molecule has 0 saturated heterocycles. The lowest BCUT2D eigenvalue weighted by Gasteiger charge is -2.29. The Hall–Kier alpha value is -2.44. The Balaban J connectivity index is 1.33. The molecule has 0 unspecified atom stereocenters. The molecule has 4 rings (SSSR count). The Morgan fingerprint density at radius 2 is 1.88 bits per heavy atom. The molecule has 7 nitrogen and oxygen atoms in total. The Bertz CT molecular complexity index is 895. The van der Waals surface area contributed by atoms with Gasteiger partial charge in [0.1, 0.15) is 0 Å². The van der Waals surface area contributed by atoms with Gasteiger partial charge in [0.25, 0.3) is 0 Å². The van der Waals surface area contributed by atoms with Crippen LogP contribution >= 0.6 is 0 Å². The van der Waals surface area contributed by atoms with Crippen molar-refractivity contribution in [2.24, 2.45) is 11.8 Å². The summed E-state index contributed by atoms with van der Waals surface area (Å²) in [6.45, 7) is 2.73. The van der Waals surface area contributed by atoms with Crippen molar-refractivity contribution in [3.8, 4) is 11.3 Å². The van der Waals surface area contributed by atoms with Crippen molar-refractivity contribution in [2.75, 3.05) is 25.5 Å². The number of anilines is 1. The van der Waals surface area contributed by atoms with Gasteiger partial charge in [-0.2, -0.15) is 0 Å². The minimum atomic E-state index is 0.230. The maximum absolute atomic E-state index is 12.3. The number of rotatable bonds is 8. The normalized spacial score (nSPS) is 21.6. The molecule has 32 heavy (non-hydrogen) atoms. The highest BCUT2D eigenvalue weighted by Gasteiger charge is 2.28. The average molecular weight is 440 g/mol. The van der Waals surface area contributed by atoms with Crippen LogP contribution in [0.3, 0.4) is 0 Å². The molecule has 2 fully saturated rings. The summed E-state index contributed by atoms with van der Waals surface area (Å²) in [6.07, 6.45) is 13.3. The summed E-state index contributed by atoms with van der Waals surface area (Å²) in [5.74, 6) is 3.38. The number of carbonyl (C=O) groups is 1. The molecule has 0 atom stereocenters. The van der Waals surface area contributed by atoms with Crippen LogP contribution in [0.1, 0.15) is 81.5 Å². The topological polar surface area (TPSA) is 84.2 Å². The van der Waals surface area contributed by atoms with Crippen molar-refractivity contribution in [2.45, 2.75) is 77.0 Å². The van der Waals surface area contributed by atoms with Crippen molar-refractivity contribution in [3.05, 3.63) is 23.7 Å². The molecular weight excluding hydrogens is 402 g/mol. The third-order valence-corrected chi connectivity index (χ3v) is 7.17. The number of nitrogens with zero attached hydrogens (tertiary/aromatic N) is 4. The van der Waals surface area contributed by atoms with Gasteiger partial charge in [-0.1, -0.05) is 30.8 Å². The number of nitrogens with one attached hydrogen (secondary N) is 1. The van der Waals surface area contributed by atoms with Gasteiger partial charge in [0.15, 0.2) is 5.76 Å². The summed E-state index contributed by atoms with van der Waals surface area (Å²) in [5.41, 5.74) is 2.86. The second-order valence-electron chi connectivity index (χ2n) is 9.91. The van der Waals surface area contributed by atoms with E-state index in [-0.39, 0.29) is 5.91 Å². The van der Waals surface area contributed by atoms with E-state index in [0.717, 1.165) is 73.2 Å². The fourth-order valence-electron chi connectivity index (χ4n) is 5.21. The molecule has 0 aliphatic heterocycles. The molecule has 2 aliphatic rings. The molecule has 2 aromatic rings. The third-order valence-electron chi connectivity index (χ3n) is 7.17. The van der Waals surface area contributed by atoms with E-state index < -0.39 is 0 Å². The predicted molar refractivity (Wildman–Crippen MR) is 125 cm³/mol. The van der Waals surface area contributed by atoms with Crippen molar-refractivity contribution in [1.29, 1.82) is 0 Å². The molecule has 1 amide bonds. The average Bonchev–Trinajstić information content (AvgIpc) is 3.48. The monoisotopic (exact) mass is 439 g/mol. The zero-order valence-electron chi connectivity index (χ0n) is 19.8. The second kappa shape index (κ2) is 10.5. The number of hydrogen-bond donors (Lipinski definition) is 1. The molecule has 2 aromatic heterocycles. The van der Waals surface area contributed by atoms with E-state index in [4.69, 9.17) is 9.51 Å². The highest BCUT2D eigenvalue weighted by Crippen LogP contribution is 2.39. The first-order valence-corrected chi connectivity index (χ1v) is 12.2. The van der Waals surface area contributed by atoms with Gasteiger partial charge in [0.2, 0.25) is 11.9 Å². The summed E-state index contributed by atoms with van der Waals surface area (Å²) in [4.78, 5) is 23.6. The Labute approximate surface area is 191 Å². The summed E-state index contributed by atoms with van der Waals surface area (Å²) < 4.78 is 5.54. The quantitative estimate of drug-likeness (QED) is 0.632. The second-order valence-corrected chi connectivity index (χ2v) is 9.91. The zero-order valence-corrected chi connectivity index (χ0v) is 19.8. The van der Waals surface area contributed by atoms with Gasteiger partial charge in [0, 0.05) is 45.2 Å². The SMILES string of the molecule is Cc1cc(-c2cnc(N(C)C)nc2C2CCC(CNC(=O)CCC3CCCC3)CC2)on1. The first kappa shape index (κ1) is 22.7. The summed E-state index contributed by atoms with van der Waals surface area (Å²) in [6, 6.07) is 1.95.